The molecule has 1 aliphatic rings. The monoisotopic (exact) mass is 396 g/mol. The number of nitrogens with one attached hydrogen (secondary N) is 1. The number of para-hydroxylation sites is 2. The first-order chi connectivity index (χ1) is 13.5. The Labute approximate surface area is 165 Å². The van der Waals surface area contributed by atoms with Crippen LogP contribution in [0.4, 0.5) is 16.2 Å². The molecule has 140 valence electrons. The van der Waals surface area contributed by atoms with Crippen LogP contribution in [0.2, 0.25) is 5.02 Å². The molecule has 28 heavy (non-hydrogen) atoms. The molecule has 2 aromatic rings. The number of benzene rings is 2. The molecular formula is C19H13ClN4O4. The summed E-state index contributed by atoms with van der Waals surface area (Å²) in [5.74, 6) is -2.68. The van der Waals surface area contributed by atoms with Crippen molar-refractivity contribution >= 4 is 47.0 Å². The molecule has 0 aromatic heterocycles. The minimum Gasteiger partial charge on any atom is -0.495 e. The van der Waals surface area contributed by atoms with Gasteiger partial charge in [-0.25, -0.2) is 9.69 Å². The number of anilines is 1. The molecule has 9 heteroatoms. The first-order valence-electron chi connectivity index (χ1n) is 8.02. The normalized spacial score (nSPS) is 16.8. The highest BCUT2D eigenvalue weighted by molar-refractivity contribution is 6.33. The Hall–Kier alpha value is -3.70. The van der Waals surface area contributed by atoms with Gasteiger partial charge in [0.05, 0.1) is 24.0 Å². The van der Waals surface area contributed by atoms with E-state index in [1.807, 2.05) is 6.07 Å². The van der Waals surface area contributed by atoms with Crippen LogP contribution in [-0.2, 0) is 9.59 Å². The predicted octanol–water partition coefficient (Wildman–Crippen LogP) is 2.82. The molecule has 8 nitrogen and oxygen atoms in total. The molecule has 3 rings (SSSR count). The highest BCUT2D eigenvalue weighted by atomic mass is 35.5. The van der Waals surface area contributed by atoms with Gasteiger partial charge in [0, 0.05) is 11.2 Å². The smallest absolute Gasteiger partial charge is 0.335 e. The molecule has 0 aliphatic carbocycles. The minimum atomic E-state index is -1.37. The third kappa shape index (κ3) is 3.56. The maximum atomic E-state index is 12.9. The van der Waals surface area contributed by atoms with Gasteiger partial charge in [-0.1, -0.05) is 23.7 Å². The summed E-state index contributed by atoms with van der Waals surface area (Å²) in [5.41, 5.74) is 0.622. The Morgan fingerprint density at radius 2 is 2.00 bits per heavy atom. The number of ether oxygens (including phenoxy) is 1. The fourth-order valence-electron chi connectivity index (χ4n) is 2.63. The molecule has 1 saturated heterocycles. The molecule has 4 amide bonds. The van der Waals surface area contributed by atoms with E-state index in [-0.39, 0.29) is 22.7 Å². The molecule has 0 saturated carbocycles. The number of halogens is 1. The number of carbonyl (C=O) groups excluding carboxylic acids is 3. The van der Waals surface area contributed by atoms with Crippen LogP contribution < -0.4 is 15.0 Å². The number of nitrogens with zero attached hydrogens (tertiary/aromatic N) is 3. The number of hydrogen-bond donors (Lipinski definition) is 1. The second kappa shape index (κ2) is 7.90. The summed E-state index contributed by atoms with van der Waals surface area (Å²) >= 11 is 5.91. The number of carbonyl (C=O) groups is 3. The summed E-state index contributed by atoms with van der Waals surface area (Å²) in [5, 5.41) is 11.6. The van der Waals surface area contributed by atoms with Gasteiger partial charge in [-0.05, 0) is 30.3 Å². The summed E-state index contributed by atoms with van der Waals surface area (Å²) in [6, 6.07) is 11.9. The lowest BCUT2D eigenvalue weighted by atomic mass is 10.1. The first-order valence-corrected chi connectivity index (χ1v) is 8.39. The van der Waals surface area contributed by atoms with Crippen molar-refractivity contribution in [1.29, 1.82) is 5.26 Å². The van der Waals surface area contributed by atoms with Crippen molar-refractivity contribution in [3.05, 3.63) is 53.1 Å². The number of methoxy groups -OCH3 is 1. The number of rotatable bonds is 4. The lowest BCUT2D eigenvalue weighted by molar-refractivity contribution is -0.131. The van der Waals surface area contributed by atoms with Gasteiger partial charge in [0.25, 0.3) is 5.91 Å². The summed E-state index contributed by atoms with van der Waals surface area (Å²) in [4.78, 5) is 42.2. The van der Waals surface area contributed by atoms with E-state index in [0.29, 0.717) is 5.02 Å². The number of hydrogen-bond acceptors (Lipinski definition) is 6. The summed E-state index contributed by atoms with van der Waals surface area (Å²) in [6.07, 6.45) is 1.08. The number of nitriles is 1. The first kappa shape index (κ1) is 19.1. The summed E-state index contributed by atoms with van der Waals surface area (Å²) in [6.45, 7) is 0. The van der Waals surface area contributed by atoms with Crippen LogP contribution in [0, 0.1) is 17.2 Å². The fraction of sp³-hybridized carbons (Fsp3) is 0.105. The molecule has 0 unspecified atom stereocenters. The topological polar surface area (TPSA) is 112 Å². The molecule has 1 atom stereocenters. The third-order valence-corrected chi connectivity index (χ3v) is 4.21. The molecule has 0 bridgehead atoms. The molecule has 1 fully saturated rings. The molecule has 1 N–H and O–H groups in total. The predicted molar refractivity (Wildman–Crippen MR) is 102 cm³/mol. The van der Waals surface area contributed by atoms with E-state index in [1.165, 1.54) is 31.4 Å². The SMILES string of the molecule is COc1ccccc1N1C(=O)NC(=O)[C@@H](C=Nc2cc(Cl)ccc2C#N)C1=O. The highest BCUT2D eigenvalue weighted by Gasteiger charge is 2.41. The van der Waals surface area contributed by atoms with Gasteiger partial charge < -0.3 is 4.74 Å². The average molecular weight is 397 g/mol. The number of amides is 4. The van der Waals surface area contributed by atoms with Gasteiger partial charge in [-0.2, -0.15) is 5.26 Å². The van der Waals surface area contributed by atoms with E-state index in [1.54, 1.807) is 18.2 Å². The Morgan fingerprint density at radius 3 is 2.71 bits per heavy atom. The van der Waals surface area contributed by atoms with E-state index < -0.39 is 23.8 Å². The quantitative estimate of drug-likeness (QED) is 0.630. The second-order valence-corrected chi connectivity index (χ2v) is 6.11. The molecule has 1 heterocycles. The largest absolute Gasteiger partial charge is 0.495 e. The van der Waals surface area contributed by atoms with Crippen molar-refractivity contribution < 1.29 is 19.1 Å². The van der Waals surface area contributed by atoms with Crippen LogP contribution in [0.3, 0.4) is 0 Å². The van der Waals surface area contributed by atoms with Crippen LogP contribution in [0.5, 0.6) is 5.75 Å². The number of imide groups is 2. The van der Waals surface area contributed by atoms with E-state index in [4.69, 9.17) is 21.6 Å². The van der Waals surface area contributed by atoms with Crippen LogP contribution in [0.25, 0.3) is 0 Å². The molecular weight excluding hydrogens is 384 g/mol. The van der Waals surface area contributed by atoms with Gasteiger partial charge in [0.15, 0.2) is 5.92 Å². The molecule has 2 aromatic carbocycles. The van der Waals surface area contributed by atoms with Crippen molar-refractivity contribution in [2.45, 2.75) is 0 Å². The summed E-state index contributed by atoms with van der Waals surface area (Å²) < 4.78 is 5.19. The van der Waals surface area contributed by atoms with Crippen LogP contribution in [-0.4, -0.2) is 31.2 Å². The standard InChI is InChI=1S/C19H13ClN4O4/c1-28-16-5-3-2-4-15(16)24-18(26)13(17(25)23-19(24)27)10-22-14-8-12(20)7-6-11(14)9-21/h2-8,10,13H,1H3,(H,23,25,27)/t13-/m1/s1. The summed E-state index contributed by atoms with van der Waals surface area (Å²) in [7, 11) is 1.40. The average Bonchev–Trinajstić information content (AvgIpc) is 2.68. The number of urea groups is 1. The van der Waals surface area contributed by atoms with Crippen LogP contribution >= 0.6 is 11.6 Å². The number of aliphatic imine (C=N–C) groups is 1. The maximum absolute atomic E-state index is 12.9. The van der Waals surface area contributed by atoms with Gasteiger partial charge in [0.1, 0.15) is 11.8 Å². The fourth-order valence-corrected chi connectivity index (χ4v) is 2.79. The van der Waals surface area contributed by atoms with E-state index in [2.05, 4.69) is 10.3 Å². The molecule has 0 spiro atoms. The second-order valence-electron chi connectivity index (χ2n) is 5.67. The van der Waals surface area contributed by atoms with Crippen molar-refractivity contribution in [3.63, 3.8) is 0 Å². The van der Waals surface area contributed by atoms with E-state index in [0.717, 1.165) is 11.1 Å². The zero-order valence-corrected chi connectivity index (χ0v) is 15.3. The molecule has 1 aliphatic heterocycles. The Balaban J connectivity index is 1.97. The third-order valence-electron chi connectivity index (χ3n) is 3.97. The number of barbiturate groups is 1. The Bertz CT molecular complexity index is 1040. The molecule has 0 radical (unpaired) electrons. The van der Waals surface area contributed by atoms with E-state index >= 15 is 0 Å². The lowest BCUT2D eigenvalue weighted by Crippen LogP contribution is -2.58. The van der Waals surface area contributed by atoms with Crippen molar-refractivity contribution in [1.82, 2.24) is 5.32 Å². The van der Waals surface area contributed by atoms with Crippen LogP contribution in [0.1, 0.15) is 5.56 Å². The van der Waals surface area contributed by atoms with Crippen molar-refractivity contribution in [3.8, 4) is 11.8 Å². The zero-order valence-electron chi connectivity index (χ0n) is 14.5. The van der Waals surface area contributed by atoms with Crippen molar-refractivity contribution in [2.24, 2.45) is 10.9 Å². The minimum absolute atomic E-state index is 0.193. The Morgan fingerprint density at radius 1 is 1.25 bits per heavy atom. The Kier molecular flexibility index (Phi) is 5.38. The van der Waals surface area contributed by atoms with Gasteiger partial charge in [-0.3, -0.25) is 19.9 Å². The lowest BCUT2D eigenvalue weighted by Gasteiger charge is -2.29. The van der Waals surface area contributed by atoms with Crippen molar-refractivity contribution in [2.75, 3.05) is 12.0 Å². The van der Waals surface area contributed by atoms with Crippen LogP contribution in [0.15, 0.2) is 47.5 Å². The van der Waals surface area contributed by atoms with Gasteiger partial charge in [-0.15, -0.1) is 0 Å². The highest BCUT2D eigenvalue weighted by Crippen LogP contribution is 2.30. The zero-order chi connectivity index (χ0) is 20.3. The van der Waals surface area contributed by atoms with Gasteiger partial charge >= 0.3 is 6.03 Å². The maximum Gasteiger partial charge on any atom is 0.335 e. The van der Waals surface area contributed by atoms with E-state index in [9.17, 15) is 14.4 Å². The van der Waals surface area contributed by atoms with Gasteiger partial charge in [0.2, 0.25) is 5.91 Å².